The summed E-state index contributed by atoms with van der Waals surface area (Å²) in [5, 5.41) is 8.75. The topological polar surface area (TPSA) is 86.1 Å². The number of esters is 1. The first-order valence-electron chi connectivity index (χ1n) is 5.99. The summed E-state index contributed by atoms with van der Waals surface area (Å²) in [6.07, 6.45) is 1.65. The van der Waals surface area contributed by atoms with Gasteiger partial charge in [0.1, 0.15) is 5.69 Å². The molecule has 0 saturated heterocycles. The number of anilines is 1. The number of thiazole rings is 1. The van der Waals surface area contributed by atoms with Crippen molar-refractivity contribution in [3.05, 3.63) is 29.0 Å². The van der Waals surface area contributed by atoms with Crippen molar-refractivity contribution >= 4 is 28.3 Å². The molecule has 106 valence electrons. The molecule has 0 aromatic carbocycles. The Kier molecular flexibility index (Phi) is 4.46. The first-order valence-corrected chi connectivity index (χ1v) is 6.87. The number of nitrogens with zero attached hydrogens (tertiary/aromatic N) is 3. The predicted octanol–water partition coefficient (Wildman–Crippen LogP) is 1.23. The van der Waals surface area contributed by atoms with E-state index in [-0.39, 0.29) is 18.3 Å². The molecular weight excluding hydrogens is 280 g/mol. The number of nitrogens with one attached hydrogen (secondary N) is 1. The number of aryl methyl sites for hydroxylation is 1. The zero-order valence-corrected chi connectivity index (χ0v) is 11.9. The molecule has 2 rings (SSSR count). The number of hydrogen-bond donors (Lipinski definition) is 1. The summed E-state index contributed by atoms with van der Waals surface area (Å²) in [6, 6.07) is 1.61. The van der Waals surface area contributed by atoms with Crippen molar-refractivity contribution in [1.82, 2.24) is 14.8 Å². The maximum Gasteiger partial charge on any atom is 0.311 e. The SMILES string of the molecule is CCOC(=O)Cc1csc(NC(=O)c2ccnn2C)n1. The summed E-state index contributed by atoms with van der Waals surface area (Å²) in [4.78, 5) is 27.4. The number of carbonyl (C=O) groups excluding carboxylic acids is 2. The second-order valence-electron chi connectivity index (χ2n) is 3.92. The summed E-state index contributed by atoms with van der Waals surface area (Å²) < 4.78 is 6.31. The largest absolute Gasteiger partial charge is 0.466 e. The van der Waals surface area contributed by atoms with Gasteiger partial charge < -0.3 is 4.74 Å². The third-order valence-electron chi connectivity index (χ3n) is 2.46. The number of hydrogen-bond acceptors (Lipinski definition) is 6. The molecule has 7 nitrogen and oxygen atoms in total. The van der Waals surface area contributed by atoms with Crippen LogP contribution in [0.4, 0.5) is 5.13 Å². The summed E-state index contributed by atoms with van der Waals surface area (Å²) in [5.41, 5.74) is 1.01. The predicted molar refractivity (Wildman–Crippen MR) is 73.6 cm³/mol. The molecule has 0 spiro atoms. The number of amides is 1. The molecule has 0 fully saturated rings. The maximum atomic E-state index is 11.9. The van der Waals surface area contributed by atoms with E-state index in [1.54, 1.807) is 31.6 Å². The Bertz CT molecular complexity index is 620. The lowest BCUT2D eigenvalue weighted by Crippen LogP contribution is -2.16. The van der Waals surface area contributed by atoms with E-state index in [9.17, 15) is 9.59 Å². The monoisotopic (exact) mass is 294 g/mol. The average molecular weight is 294 g/mol. The highest BCUT2D eigenvalue weighted by Gasteiger charge is 2.13. The highest BCUT2D eigenvalue weighted by atomic mass is 32.1. The Morgan fingerprint density at radius 1 is 1.50 bits per heavy atom. The minimum Gasteiger partial charge on any atom is -0.466 e. The van der Waals surface area contributed by atoms with Gasteiger partial charge in [-0.05, 0) is 13.0 Å². The maximum absolute atomic E-state index is 11.9. The van der Waals surface area contributed by atoms with Gasteiger partial charge in [0.2, 0.25) is 0 Å². The summed E-state index contributed by atoms with van der Waals surface area (Å²) in [5.74, 6) is -0.621. The number of ether oxygens (including phenoxy) is 1. The van der Waals surface area contributed by atoms with Crippen molar-refractivity contribution < 1.29 is 14.3 Å². The van der Waals surface area contributed by atoms with E-state index in [2.05, 4.69) is 15.4 Å². The van der Waals surface area contributed by atoms with Gasteiger partial charge in [-0.3, -0.25) is 19.6 Å². The van der Waals surface area contributed by atoms with Crippen LogP contribution in [0.15, 0.2) is 17.6 Å². The highest BCUT2D eigenvalue weighted by Crippen LogP contribution is 2.17. The Labute approximate surface area is 119 Å². The Morgan fingerprint density at radius 2 is 2.30 bits per heavy atom. The molecule has 2 aromatic rings. The van der Waals surface area contributed by atoms with Crippen molar-refractivity contribution in [3.63, 3.8) is 0 Å². The van der Waals surface area contributed by atoms with Crippen LogP contribution >= 0.6 is 11.3 Å². The Balaban J connectivity index is 1.98. The third kappa shape index (κ3) is 3.41. The average Bonchev–Trinajstić information content (AvgIpc) is 2.99. The van der Waals surface area contributed by atoms with Crippen LogP contribution < -0.4 is 5.32 Å². The smallest absolute Gasteiger partial charge is 0.311 e. The molecule has 0 aliphatic rings. The number of rotatable bonds is 5. The van der Waals surface area contributed by atoms with Gasteiger partial charge in [0, 0.05) is 18.6 Å². The third-order valence-corrected chi connectivity index (χ3v) is 3.26. The van der Waals surface area contributed by atoms with Crippen molar-refractivity contribution in [2.24, 2.45) is 7.05 Å². The van der Waals surface area contributed by atoms with Crippen molar-refractivity contribution in [1.29, 1.82) is 0 Å². The molecule has 20 heavy (non-hydrogen) atoms. The van der Waals surface area contributed by atoms with Crippen LogP contribution in [0.2, 0.25) is 0 Å². The fraction of sp³-hybridized carbons (Fsp3) is 0.333. The fourth-order valence-electron chi connectivity index (χ4n) is 1.56. The lowest BCUT2D eigenvalue weighted by molar-refractivity contribution is -0.142. The molecule has 1 N–H and O–H groups in total. The quantitative estimate of drug-likeness (QED) is 0.838. The molecule has 2 heterocycles. The summed E-state index contributed by atoms with van der Waals surface area (Å²) in [6.45, 7) is 2.09. The van der Waals surface area contributed by atoms with Gasteiger partial charge in [-0.15, -0.1) is 11.3 Å². The second kappa shape index (κ2) is 6.29. The van der Waals surface area contributed by atoms with Gasteiger partial charge in [-0.1, -0.05) is 0 Å². The van der Waals surface area contributed by atoms with E-state index < -0.39 is 0 Å². The summed E-state index contributed by atoms with van der Waals surface area (Å²) in [7, 11) is 1.68. The first kappa shape index (κ1) is 14.2. The van der Waals surface area contributed by atoms with Gasteiger partial charge in [-0.25, -0.2) is 4.98 Å². The van der Waals surface area contributed by atoms with Gasteiger partial charge in [0.15, 0.2) is 5.13 Å². The lowest BCUT2D eigenvalue weighted by atomic mass is 10.3. The van der Waals surface area contributed by atoms with Crippen molar-refractivity contribution in [2.75, 3.05) is 11.9 Å². The van der Waals surface area contributed by atoms with Crippen molar-refractivity contribution in [3.8, 4) is 0 Å². The van der Waals surface area contributed by atoms with E-state index in [1.807, 2.05) is 0 Å². The zero-order valence-electron chi connectivity index (χ0n) is 11.1. The second-order valence-corrected chi connectivity index (χ2v) is 4.78. The Morgan fingerprint density at radius 3 is 2.95 bits per heavy atom. The molecule has 0 unspecified atom stereocenters. The van der Waals surface area contributed by atoms with Crippen LogP contribution in [-0.4, -0.2) is 33.2 Å². The van der Waals surface area contributed by atoms with Gasteiger partial charge in [-0.2, -0.15) is 5.10 Å². The molecule has 2 aromatic heterocycles. The first-order chi connectivity index (χ1) is 9.60. The zero-order chi connectivity index (χ0) is 14.5. The minimum absolute atomic E-state index is 0.103. The molecule has 1 amide bonds. The van der Waals surface area contributed by atoms with E-state index in [0.29, 0.717) is 23.1 Å². The van der Waals surface area contributed by atoms with E-state index in [4.69, 9.17) is 4.74 Å². The van der Waals surface area contributed by atoms with Crippen molar-refractivity contribution in [2.45, 2.75) is 13.3 Å². The molecule has 0 aliphatic heterocycles. The van der Waals surface area contributed by atoms with Gasteiger partial charge in [0.25, 0.3) is 5.91 Å². The molecule has 8 heteroatoms. The molecule has 0 bridgehead atoms. The normalized spacial score (nSPS) is 10.3. The number of aromatic nitrogens is 3. The van der Waals surface area contributed by atoms with Crippen LogP contribution in [-0.2, 0) is 23.0 Å². The molecular formula is C12H14N4O3S. The standard InChI is InChI=1S/C12H14N4O3S/c1-3-19-10(17)6-8-7-20-12(14-8)15-11(18)9-4-5-13-16(9)2/h4-5,7H,3,6H2,1-2H3,(H,14,15,18). The highest BCUT2D eigenvalue weighted by molar-refractivity contribution is 7.14. The Hall–Kier alpha value is -2.22. The number of carbonyl (C=O) groups is 2. The minimum atomic E-state index is -0.331. The molecule has 0 saturated carbocycles. The van der Waals surface area contributed by atoms with E-state index >= 15 is 0 Å². The van der Waals surface area contributed by atoms with Crippen LogP contribution in [0.3, 0.4) is 0 Å². The van der Waals surface area contributed by atoms with Crippen LogP contribution in [0.1, 0.15) is 23.1 Å². The van der Waals surface area contributed by atoms with Crippen LogP contribution in [0, 0.1) is 0 Å². The van der Waals surface area contributed by atoms with Gasteiger partial charge in [0.05, 0.1) is 18.7 Å². The summed E-state index contributed by atoms with van der Waals surface area (Å²) >= 11 is 1.26. The van der Waals surface area contributed by atoms with E-state index in [0.717, 1.165) is 0 Å². The molecule has 0 atom stereocenters. The molecule has 0 aliphatic carbocycles. The van der Waals surface area contributed by atoms with Crippen LogP contribution in [0.25, 0.3) is 0 Å². The lowest BCUT2D eigenvalue weighted by Gasteiger charge is -2.01. The molecule has 0 radical (unpaired) electrons. The van der Waals surface area contributed by atoms with E-state index in [1.165, 1.54) is 16.0 Å². The van der Waals surface area contributed by atoms with Gasteiger partial charge >= 0.3 is 5.97 Å². The fourth-order valence-corrected chi connectivity index (χ4v) is 2.27. The van der Waals surface area contributed by atoms with Crippen LogP contribution in [0.5, 0.6) is 0 Å².